The molecule has 0 amide bonds. The van der Waals surface area contributed by atoms with Crippen LogP contribution in [0.4, 0.5) is 0 Å². The molecule has 0 aromatic carbocycles. The number of allylic oxidation sites excluding steroid dienone is 1. The molecule has 1 radical (unpaired) electrons. The molecule has 0 aromatic heterocycles. The van der Waals surface area contributed by atoms with Crippen LogP contribution in [0.5, 0.6) is 0 Å². The van der Waals surface area contributed by atoms with Gasteiger partial charge in [0.15, 0.2) is 0 Å². The normalized spacial score (nSPS) is 3.25. The van der Waals surface area contributed by atoms with Crippen LogP contribution >= 0.6 is 0 Å². The van der Waals surface area contributed by atoms with E-state index in [0.29, 0.717) is 0 Å². The molecule has 0 aliphatic rings. The SMILES string of the molecule is [CH2]C=C.[W]. The molecule has 1 heteroatoms. The third-order valence-corrected chi connectivity index (χ3v) is 0. The maximum atomic E-state index is 3.25. The van der Waals surface area contributed by atoms with Crippen LogP contribution in [-0.4, -0.2) is 0 Å². The Labute approximate surface area is 41.2 Å². The summed E-state index contributed by atoms with van der Waals surface area (Å²) in [4.78, 5) is 0. The van der Waals surface area contributed by atoms with Crippen LogP contribution in [0.3, 0.4) is 0 Å². The van der Waals surface area contributed by atoms with Gasteiger partial charge >= 0.3 is 0 Å². The standard InChI is InChI=1S/C3H5.W/c1-3-2;/h3H,1-2H2;. The summed E-state index contributed by atoms with van der Waals surface area (Å²) in [6.07, 6.45) is 1.50. The van der Waals surface area contributed by atoms with Crippen LogP contribution in [0.15, 0.2) is 12.7 Å². The molecule has 0 spiro atoms. The van der Waals surface area contributed by atoms with Gasteiger partial charge in [0.25, 0.3) is 0 Å². The molecule has 0 unspecified atom stereocenters. The molecule has 0 saturated heterocycles. The van der Waals surface area contributed by atoms with Crippen molar-refractivity contribution in [2.45, 2.75) is 0 Å². The van der Waals surface area contributed by atoms with Crippen molar-refractivity contribution in [1.29, 1.82) is 0 Å². The maximum Gasteiger partial charge on any atom is 0 e. The van der Waals surface area contributed by atoms with E-state index in [1.54, 1.807) is 0 Å². The van der Waals surface area contributed by atoms with E-state index in [9.17, 15) is 0 Å². The van der Waals surface area contributed by atoms with Gasteiger partial charge in [0.2, 0.25) is 0 Å². The minimum absolute atomic E-state index is 0. The summed E-state index contributed by atoms with van der Waals surface area (Å²) in [6, 6.07) is 0. The summed E-state index contributed by atoms with van der Waals surface area (Å²) >= 11 is 0. The van der Waals surface area contributed by atoms with E-state index in [2.05, 4.69) is 13.5 Å². The maximum absolute atomic E-state index is 3.25. The van der Waals surface area contributed by atoms with Gasteiger partial charge in [-0.25, -0.2) is 0 Å². The molecule has 0 fully saturated rings. The van der Waals surface area contributed by atoms with Gasteiger partial charge in [0.1, 0.15) is 0 Å². The Hall–Kier alpha value is 0.428. The first-order valence-corrected chi connectivity index (χ1v) is 0.816. The zero-order valence-electron chi connectivity index (χ0n) is 2.40. The van der Waals surface area contributed by atoms with Gasteiger partial charge in [0, 0.05) is 21.1 Å². The Morgan fingerprint density at radius 3 is 1.50 bits per heavy atom. The molecule has 0 aliphatic carbocycles. The zero-order chi connectivity index (χ0) is 2.71. The molecule has 0 N–H and O–H groups in total. The van der Waals surface area contributed by atoms with Crippen molar-refractivity contribution in [1.82, 2.24) is 0 Å². The van der Waals surface area contributed by atoms with Crippen LogP contribution in [0.1, 0.15) is 0 Å². The minimum Gasteiger partial charge on any atom is -0.103 e. The molecule has 4 heavy (non-hydrogen) atoms. The number of hydrogen-bond acceptors (Lipinski definition) is 0. The Kier molecular flexibility index (Phi) is 21.9. The first-order valence-electron chi connectivity index (χ1n) is 0.816. The summed E-state index contributed by atoms with van der Waals surface area (Å²) in [6.45, 7) is 6.50. The van der Waals surface area contributed by atoms with E-state index in [-0.39, 0.29) is 21.1 Å². The zero-order valence-corrected chi connectivity index (χ0v) is 5.33. The quantitative estimate of drug-likeness (QED) is 0.576. The van der Waals surface area contributed by atoms with Gasteiger partial charge in [-0.15, -0.1) is 6.58 Å². The molecule has 0 bridgehead atoms. The van der Waals surface area contributed by atoms with Gasteiger partial charge in [-0.1, -0.05) is 6.08 Å². The van der Waals surface area contributed by atoms with Gasteiger partial charge < -0.3 is 0 Å². The molecule has 0 nitrogen and oxygen atoms in total. The van der Waals surface area contributed by atoms with Crippen molar-refractivity contribution in [3.8, 4) is 0 Å². The summed E-state index contributed by atoms with van der Waals surface area (Å²) in [7, 11) is 0. The topological polar surface area (TPSA) is 0 Å². The van der Waals surface area contributed by atoms with Crippen molar-refractivity contribution in [3.05, 3.63) is 19.6 Å². The van der Waals surface area contributed by atoms with Gasteiger partial charge in [-0.3, -0.25) is 0 Å². The van der Waals surface area contributed by atoms with Crippen molar-refractivity contribution in [3.63, 3.8) is 0 Å². The van der Waals surface area contributed by atoms with Crippen molar-refractivity contribution in [2.75, 3.05) is 0 Å². The van der Waals surface area contributed by atoms with Crippen LogP contribution < -0.4 is 0 Å². The van der Waals surface area contributed by atoms with Crippen LogP contribution in [0.25, 0.3) is 0 Å². The number of rotatable bonds is 0. The van der Waals surface area contributed by atoms with E-state index in [0.717, 1.165) is 0 Å². The Morgan fingerprint density at radius 1 is 1.50 bits per heavy atom. The van der Waals surface area contributed by atoms with E-state index in [4.69, 9.17) is 0 Å². The Morgan fingerprint density at radius 2 is 1.50 bits per heavy atom. The van der Waals surface area contributed by atoms with E-state index in [1.165, 1.54) is 6.08 Å². The minimum atomic E-state index is 0. The molecule has 23 valence electrons. The van der Waals surface area contributed by atoms with Gasteiger partial charge in [-0.05, 0) is 6.92 Å². The van der Waals surface area contributed by atoms with Crippen LogP contribution in [-0.2, 0) is 21.1 Å². The fraction of sp³-hybridized carbons (Fsp3) is 0. The summed E-state index contributed by atoms with van der Waals surface area (Å²) in [5.41, 5.74) is 0. The average molecular weight is 225 g/mol. The first kappa shape index (κ1) is 8.83. The summed E-state index contributed by atoms with van der Waals surface area (Å²) in [5, 5.41) is 0. The van der Waals surface area contributed by atoms with E-state index >= 15 is 0 Å². The second-order valence-corrected chi connectivity index (χ2v) is 0.289. The predicted molar refractivity (Wildman–Crippen MR) is 15.6 cm³/mol. The van der Waals surface area contributed by atoms with Crippen molar-refractivity contribution in [2.24, 2.45) is 0 Å². The smallest absolute Gasteiger partial charge is 0 e. The van der Waals surface area contributed by atoms with E-state index < -0.39 is 0 Å². The fourth-order valence-corrected chi connectivity index (χ4v) is 0. The van der Waals surface area contributed by atoms with E-state index in [1.807, 2.05) is 0 Å². The monoisotopic (exact) mass is 225 g/mol. The van der Waals surface area contributed by atoms with Crippen molar-refractivity contribution < 1.29 is 21.1 Å². The molecule has 0 heterocycles. The molecular formula is C3H5W. The van der Waals surface area contributed by atoms with Crippen LogP contribution in [0.2, 0.25) is 0 Å². The summed E-state index contributed by atoms with van der Waals surface area (Å²) < 4.78 is 0. The second-order valence-electron chi connectivity index (χ2n) is 0.289. The molecule has 0 aromatic rings. The molecule has 0 rings (SSSR count). The second kappa shape index (κ2) is 9.91. The summed E-state index contributed by atoms with van der Waals surface area (Å²) in [5.74, 6) is 0. The van der Waals surface area contributed by atoms with Crippen molar-refractivity contribution >= 4 is 0 Å². The van der Waals surface area contributed by atoms with Gasteiger partial charge in [0.05, 0.1) is 0 Å². The third-order valence-electron chi connectivity index (χ3n) is 0. The van der Waals surface area contributed by atoms with Crippen LogP contribution in [0, 0.1) is 6.92 Å². The Bertz CT molecular complexity index is 10.8. The fourth-order valence-electron chi connectivity index (χ4n) is 0. The first-order chi connectivity index (χ1) is 1.41. The molecular weight excluding hydrogens is 220 g/mol. The number of hydrogen-bond donors (Lipinski definition) is 0. The molecule has 0 atom stereocenters. The Balaban J connectivity index is 0. The predicted octanol–water partition coefficient (Wildman–Crippen LogP) is 1.00. The largest absolute Gasteiger partial charge is 0.103 e. The molecule has 0 aliphatic heterocycles. The average Bonchev–Trinajstić information content (AvgIpc) is 0.918. The third kappa shape index (κ3) is 27.0. The molecule has 0 saturated carbocycles. The van der Waals surface area contributed by atoms with Gasteiger partial charge in [-0.2, -0.15) is 0 Å².